The lowest BCUT2D eigenvalue weighted by molar-refractivity contribution is 0.0671. The number of aromatic carboxylic acids is 2. The summed E-state index contributed by atoms with van der Waals surface area (Å²) in [5, 5.41) is 17.3. The Morgan fingerprint density at radius 2 is 0.786 bits per heavy atom. The van der Waals surface area contributed by atoms with E-state index in [-0.39, 0.29) is 0 Å². The summed E-state index contributed by atoms with van der Waals surface area (Å²) in [5.74, 6) is -23.1. The van der Waals surface area contributed by atoms with Gasteiger partial charge in [0.15, 0.2) is 46.5 Å². The lowest BCUT2D eigenvalue weighted by atomic mass is 10.2. The number of carbonyl (C=O) groups is 2. The Kier molecular flexibility index (Phi) is 6.13. The minimum atomic E-state index is -2.42. The number of hydrogen-bond acceptors (Lipinski definition) is 4. The Labute approximate surface area is 156 Å². The van der Waals surface area contributed by atoms with Gasteiger partial charge in [-0.3, -0.25) is 0 Å². The summed E-state index contributed by atoms with van der Waals surface area (Å²) < 4.78 is 109. The highest BCUT2D eigenvalue weighted by atomic mass is 33.1. The molecule has 0 atom stereocenters. The molecule has 0 spiro atoms. The zero-order chi connectivity index (χ0) is 21.5. The first kappa shape index (κ1) is 21.8. The van der Waals surface area contributed by atoms with Gasteiger partial charge in [-0.25, -0.2) is 44.7 Å². The Morgan fingerprint density at radius 1 is 0.500 bits per heavy atom. The van der Waals surface area contributed by atoms with E-state index in [9.17, 15) is 44.7 Å². The first-order valence-corrected chi connectivity index (χ1v) is 8.59. The second kappa shape index (κ2) is 7.87. The number of carboxylic acid groups (broad SMARTS) is 2. The molecule has 0 fully saturated rings. The van der Waals surface area contributed by atoms with Crippen LogP contribution in [0.3, 0.4) is 0 Å². The van der Waals surface area contributed by atoms with Crippen LogP contribution < -0.4 is 0 Å². The summed E-state index contributed by atoms with van der Waals surface area (Å²) in [6, 6.07) is 0. The van der Waals surface area contributed by atoms with Crippen LogP contribution in [0.15, 0.2) is 9.79 Å². The van der Waals surface area contributed by atoms with E-state index in [1.807, 2.05) is 0 Å². The van der Waals surface area contributed by atoms with Crippen LogP contribution in [-0.4, -0.2) is 22.2 Å². The molecule has 14 heteroatoms. The molecule has 0 radical (unpaired) electrons. The summed E-state index contributed by atoms with van der Waals surface area (Å²) in [5.41, 5.74) is -3.83. The molecule has 150 valence electrons. The van der Waals surface area contributed by atoms with Crippen LogP contribution >= 0.6 is 21.6 Å². The molecule has 2 rings (SSSR count). The minimum Gasteiger partial charge on any atom is -0.477 e. The monoisotopic (exact) mass is 450 g/mol. The van der Waals surface area contributed by atoms with Gasteiger partial charge in [0, 0.05) is 0 Å². The van der Waals surface area contributed by atoms with Crippen molar-refractivity contribution in [3.05, 3.63) is 57.7 Å². The van der Waals surface area contributed by atoms with Crippen LogP contribution in [0.25, 0.3) is 0 Å². The van der Waals surface area contributed by atoms with Crippen molar-refractivity contribution in [3.8, 4) is 0 Å². The van der Waals surface area contributed by atoms with Gasteiger partial charge in [0.25, 0.3) is 0 Å². The second-order valence-electron chi connectivity index (χ2n) is 4.70. The zero-order valence-corrected chi connectivity index (χ0v) is 14.2. The molecule has 2 N–H and O–H groups in total. The van der Waals surface area contributed by atoms with Crippen LogP contribution in [-0.2, 0) is 0 Å². The van der Waals surface area contributed by atoms with Crippen molar-refractivity contribution in [1.29, 1.82) is 0 Å². The molecule has 0 aliphatic carbocycles. The Bertz CT molecular complexity index is 946. The van der Waals surface area contributed by atoms with Gasteiger partial charge >= 0.3 is 11.9 Å². The molecule has 0 heterocycles. The second-order valence-corrected chi connectivity index (χ2v) is 6.85. The molecule has 28 heavy (non-hydrogen) atoms. The average molecular weight is 450 g/mol. The van der Waals surface area contributed by atoms with Gasteiger partial charge in [-0.15, -0.1) is 0 Å². The van der Waals surface area contributed by atoms with E-state index in [4.69, 9.17) is 10.2 Å². The summed E-state index contributed by atoms with van der Waals surface area (Å²) in [6.07, 6.45) is 0. The van der Waals surface area contributed by atoms with Crippen molar-refractivity contribution in [2.45, 2.75) is 9.79 Å². The number of rotatable bonds is 5. The predicted molar refractivity (Wildman–Crippen MR) is 78.2 cm³/mol. The van der Waals surface area contributed by atoms with E-state index in [1.165, 1.54) is 0 Å². The van der Waals surface area contributed by atoms with E-state index < -0.39 is 101 Å². The molecule has 0 saturated heterocycles. The first-order valence-electron chi connectivity index (χ1n) is 6.44. The molecule has 0 unspecified atom stereocenters. The van der Waals surface area contributed by atoms with Crippen LogP contribution in [0.5, 0.6) is 0 Å². The zero-order valence-electron chi connectivity index (χ0n) is 12.6. The highest BCUT2D eigenvalue weighted by Gasteiger charge is 2.32. The largest absolute Gasteiger partial charge is 0.477 e. The standard InChI is InChI=1S/C14H2F8O4S2/c15-3-1(13(23)24)5(17)11(9(21)7(3)19)27-28-12-6(18)2(14(25)26)4(16)8(20)10(12)22/h(H,23,24)(H,25,26). The molecule has 2 aromatic carbocycles. The highest BCUT2D eigenvalue weighted by Crippen LogP contribution is 2.45. The Hall–Kier alpha value is -2.48. The third-order valence-electron chi connectivity index (χ3n) is 3.08. The van der Waals surface area contributed by atoms with Crippen molar-refractivity contribution in [2.24, 2.45) is 0 Å². The van der Waals surface area contributed by atoms with Crippen LogP contribution in [0, 0.1) is 46.5 Å². The molecule has 2 aromatic rings. The maximum Gasteiger partial charge on any atom is 0.341 e. The lowest BCUT2D eigenvalue weighted by Gasteiger charge is -2.11. The summed E-state index contributed by atoms with van der Waals surface area (Å²) in [6.45, 7) is 0. The molecular formula is C14H2F8O4S2. The van der Waals surface area contributed by atoms with Crippen molar-refractivity contribution in [3.63, 3.8) is 0 Å². The van der Waals surface area contributed by atoms with Gasteiger partial charge in [-0.05, 0) is 21.6 Å². The fraction of sp³-hybridized carbons (Fsp3) is 0. The summed E-state index contributed by atoms with van der Waals surface area (Å²) in [7, 11) is -0.842. The SMILES string of the molecule is O=C(O)c1c(F)c(F)c(F)c(SSc2c(F)c(F)c(F)c(C(=O)O)c2F)c1F. The van der Waals surface area contributed by atoms with E-state index in [0.29, 0.717) is 0 Å². The summed E-state index contributed by atoms with van der Waals surface area (Å²) >= 11 is 0. The van der Waals surface area contributed by atoms with E-state index in [2.05, 4.69) is 0 Å². The molecule has 0 saturated carbocycles. The fourth-order valence-corrected chi connectivity index (χ4v) is 4.05. The van der Waals surface area contributed by atoms with E-state index >= 15 is 0 Å². The van der Waals surface area contributed by atoms with Crippen molar-refractivity contribution < 1.29 is 54.9 Å². The molecule has 0 amide bonds. The van der Waals surface area contributed by atoms with Crippen LogP contribution in [0.4, 0.5) is 35.1 Å². The first-order chi connectivity index (χ1) is 12.9. The molecule has 0 aliphatic rings. The normalized spacial score (nSPS) is 11.0. The predicted octanol–water partition coefficient (Wildman–Crippen LogP) is 5.00. The number of benzene rings is 2. The topological polar surface area (TPSA) is 74.6 Å². The number of carboxylic acids is 2. The van der Waals surface area contributed by atoms with Crippen LogP contribution in [0.2, 0.25) is 0 Å². The number of halogens is 8. The van der Waals surface area contributed by atoms with E-state index in [1.54, 1.807) is 0 Å². The average Bonchev–Trinajstić information content (AvgIpc) is 2.60. The molecule has 0 aromatic heterocycles. The maximum absolute atomic E-state index is 14.0. The molecule has 4 nitrogen and oxygen atoms in total. The van der Waals surface area contributed by atoms with E-state index in [0.717, 1.165) is 0 Å². The molecule has 0 bridgehead atoms. The Balaban J connectivity index is 2.60. The van der Waals surface area contributed by atoms with Gasteiger partial charge in [0.2, 0.25) is 0 Å². The smallest absolute Gasteiger partial charge is 0.341 e. The Morgan fingerprint density at radius 3 is 1.04 bits per heavy atom. The van der Waals surface area contributed by atoms with Crippen LogP contribution in [0.1, 0.15) is 20.7 Å². The van der Waals surface area contributed by atoms with Gasteiger partial charge in [0.1, 0.15) is 11.1 Å². The van der Waals surface area contributed by atoms with Crippen molar-refractivity contribution in [2.75, 3.05) is 0 Å². The van der Waals surface area contributed by atoms with Gasteiger partial charge in [-0.2, -0.15) is 0 Å². The molecule has 0 aliphatic heterocycles. The quantitative estimate of drug-likeness (QED) is 0.289. The third-order valence-corrected chi connectivity index (χ3v) is 5.47. The minimum absolute atomic E-state index is 0.421. The number of hydrogen-bond donors (Lipinski definition) is 2. The van der Waals surface area contributed by atoms with Crippen molar-refractivity contribution in [1.82, 2.24) is 0 Å². The lowest BCUT2D eigenvalue weighted by Crippen LogP contribution is -2.11. The van der Waals surface area contributed by atoms with Gasteiger partial charge in [-0.1, -0.05) is 0 Å². The fourth-order valence-electron chi connectivity index (χ4n) is 1.83. The maximum atomic E-state index is 14.0. The highest BCUT2D eigenvalue weighted by molar-refractivity contribution is 8.76. The molecular weight excluding hydrogens is 448 g/mol. The van der Waals surface area contributed by atoms with Gasteiger partial charge < -0.3 is 10.2 Å². The van der Waals surface area contributed by atoms with Gasteiger partial charge in [0.05, 0.1) is 9.79 Å². The third kappa shape index (κ3) is 3.48. The van der Waals surface area contributed by atoms with Crippen molar-refractivity contribution >= 4 is 33.5 Å². The summed E-state index contributed by atoms with van der Waals surface area (Å²) in [4.78, 5) is 18.4.